The maximum atomic E-state index is 13.2. The van der Waals surface area contributed by atoms with Gasteiger partial charge in [0.05, 0.1) is 12.2 Å². The molecule has 1 fully saturated rings. The molecule has 1 saturated carbocycles. The fourth-order valence-electron chi connectivity index (χ4n) is 5.62. The summed E-state index contributed by atoms with van der Waals surface area (Å²) in [5, 5.41) is 5.74. The third kappa shape index (κ3) is 12.4. The number of rotatable bonds is 16. The average Bonchev–Trinajstić information content (AvgIpc) is 3.62. The van der Waals surface area contributed by atoms with Crippen LogP contribution in [0, 0.1) is 5.92 Å². The van der Waals surface area contributed by atoms with E-state index in [0.29, 0.717) is 34.9 Å². The van der Waals surface area contributed by atoms with Gasteiger partial charge in [0.15, 0.2) is 0 Å². The highest BCUT2D eigenvalue weighted by Gasteiger charge is 2.28. The molecule has 4 rings (SSSR count). The number of carbonyl (C=O) groups excluding carboxylic acids is 4. The Morgan fingerprint density at radius 3 is 2.02 bits per heavy atom. The van der Waals surface area contributed by atoms with Gasteiger partial charge in [-0.15, -0.1) is 0 Å². The molecule has 0 radical (unpaired) electrons. The minimum atomic E-state index is -0.973. The van der Waals surface area contributed by atoms with E-state index in [1.165, 1.54) is 19.3 Å². The summed E-state index contributed by atoms with van der Waals surface area (Å²) in [6, 6.07) is 19.3. The quantitative estimate of drug-likeness (QED) is 0.0899. The van der Waals surface area contributed by atoms with E-state index < -0.39 is 29.5 Å². The van der Waals surface area contributed by atoms with Crippen molar-refractivity contribution in [2.45, 2.75) is 104 Å². The van der Waals surface area contributed by atoms with E-state index in [0.717, 1.165) is 44.1 Å². The second-order valence-corrected chi connectivity index (χ2v) is 13.6. The Labute approximate surface area is 290 Å². The number of esters is 2. The fraction of sp³-hybridized carbons (Fsp3) is 0.450. The Bertz CT molecular complexity index is 1520. The lowest BCUT2D eigenvalue weighted by atomic mass is 10.0. The van der Waals surface area contributed by atoms with Gasteiger partial charge in [-0.3, -0.25) is 9.59 Å². The normalized spacial score (nSPS) is 13.7. The topological polar surface area (TPSA) is 120 Å². The molecule has 1 atom stereocenters. The molecule has 9 heteroatoms. The van der Waals surface area contributed by atoms with Gasteiger partial charge < -0.3 is 24.8 Å². The summed E-state index contributed by atoms with van der Waals surface area (Å²) >= 11 is 0. The summed E-state index contributed by atoms with van der Waals surface area (Å²) in [7, 11) is 0. The summed E-state index contributed by atoms with van der Waals surface area (Å²) in [5.41, 5.74) is 1.34. The van der Waals surface area contributed by atoms with Crippen molar-refractivity contribution < 1.29 is 33.4 Å². The molecule has 2 amide bonds. The number of hydrogen-bond acceptors (Lipinski definition) is 7. The van der Waals surface area contributed by atoms with Crippen LogP contribution in [0.3, 0.4) is 0 Å². The molecule has 0 aliphatic heterocycles. The first kappa shape index (κ1) is 37.2. The van der Waals surface area contributed by atoms with Gasteiger partial charge in [0.2, 0.25) is 5.91 Å². The lowest BCUT2D eigenvalue weighted by Crippen LogP contribution is -2.45. The summed E-state index contributed by atoms with van der Waals surface area (Å²) < 4.78 is 17.0. The zero-order valence-electron chi connectivity index (χ0n) is 29.2. The number of amides is 2. The Balaban J connectivity index is 1.33. The van der Waals surface area contributed by atoms with Crippen LogP contribution in [0.1, 0.15) is 112 Å². The molecule has 3 aromatic carbocycles. The van der Waals surface area contributed by atoms with E-state index in [9.17, 15) is 19.2 Å². The van der Waals surface area contributed by atoms with E-state index in [1.807, 2.05) is 0 Å². The molecular formula is C40H50N2O7. The van der Waals surface area contributed by atoms with Crippen molar-refractivity contribution in [1.29, 1.82) is 0 Å². The van der Waals surface area contributed by atoms with Crippen LogP contribution >= 0.6 is 0 Å². The number of anilines is 1. The van der Waals surface area contributed by atoms with Crippen molar-refractivity contribution in [3.8, 4) is 11.5 Å². The van der Waals surface area contributed by atoms with Gasteiger partial charge in [-0.25, -0.2) is 9.59 Å². The van der Waals surface area contributed by atoms with Crippen LogP contribution in [0.15, 0.2) is 72.8 Å². The van der Waals surface area contributed by atoms with Crippen molar-refractivity contribution in [2.75, 3.05) is 11.9 Å². The number of hydrogen-bond donors (Lipinski definition) is 2. The molecule has 1 unspecified atom stereocenters. The van der Waals surface area contributed by atoms with Crippen LogP contribution in [0.4, 0.5) is 5.69 Å². The van der Waals surface area contributed by atoms with E-state index in [1.54, 1.807) is 93.6 Å². The molecule has 3 aromatic rings. The van der Waals surface area contributed by atoms with Crippen LogP contribution in [0.2, 0.25) is 0 Å². The highest BCUT2D eigenvalue weighted by atomic mass is 16.6. The Morgan fingerprint density at radius 1 is 0.776 bits per heavy atom. The van der Waals surface area contributed by atoms with E-state index in [4.69, 9.17) is 14.2 Å². The molecule has 2 N–H and O–H groups in total. The minimum Gasteiger partial charge on any atom is -0.494 e. The summed E-state index contributed by atoms with van der Waals surface area (Å²) in [6.45, 7) is 8.13. The molecule has 1 aliphatic carbocycles. The second kappa shape index (κ2) is 18.2. The predicted octanol–water partition coefficient (Wildman–Crippen LogP) is 8.07. The van der Waals surface area contributed by atoms with Gasteiger partial charge in [0.1, 0.15) is 23.1 Å². The first-order valence-electron chi connectivity index (χ1n) is 17.5. The standard InChI is InChI=1S/C40H50N2O7/c1-5-6-7-8-11-26-47-33-24-18-31(19-25-33)38(45)48-34-22-14-28(15-23-34)27-35(39(46)49-40(2,3)4)42-37(44)30-16-20-32(21-17-30)41-36(43)29-12-9-10-13-29/h14-25,29,35H,5-13,26-27H2,1-4H3,(H,41,43)(H,42,44). The van der Waals surface area contributed by atoms with Crippen molar-refractivity contribution >= 4 is 29.4 Å². The molecular weight excluding hydrogens is 620 g/mol. The number of unbranched alkanes of at least 4 members (excludes halogenated alkanes) is 4. The van der Waals surface area contributed by atoms with Gasteiger partial charge in [-0.2, -0.15) is 0 Å². The highest BCUT2D eigenvalue weighted by molar-refractivity contribution is 5.98. The highest BCUT2D eigenvalue weighted by Crippen LogP contribution is 2.26. The minimum absolute atomic E-state index is 0.00307. The molecule has 0 bridgehead atoms. The van der Waals surface area contributed by atoms with Gasteiger partial charge in [-0.05, 0) is 106 Å². The third-order valence-corrected chi connectivity index (χ3v) is 8.32. The predicted molar refractivity (Wildman–Crippen MR) is 190 cm³/mol. The molecule has 49 heavy (non-hydrogen) atoms. The van der Waals surface area contributed by atoms with Gasteiger partial charge in [-0.1, -0.05) is 57.6 Å². The van der Waals surface area contributed by atoms with Crippen LogP contribution in [0.5, 0.6) is 11.5 Å². The lowest BCUT2D eigenvalue weighted by Gasteiger charge is -2.25. The first-order valence-corrected chi connectivity index (χ1v) is 17.5. The zero-order valence-corrected chi connectivity index (χ0v) is 29.2. The first-order chi connectivity index (χ1) is 23.5. The van der Waals surface area contributed by atoms with Crippen LogP contribution in [-0.2, 0) is 20.7 Å². The van der Waals surface area contributed by atoms with Crippen molar-refractivity contribution in [1.82, 2.24) is 5.32 Å². The summed E-state index contributed by atoms with van der Waals surface area (Å²) in [4.78, 5) is 51.6. The second-order valence-electron chi connectivity index (χ2n) is 13.6. The van der Waals surface area contributed by atoms with Gasteiger partial charge in [0, 0.05) is 23.6 Å². The molecule has 0 heterocycles. The van der Waals surface area contributed by atoms with E-state index in [2.05, 4.69) is 17.6 Å². The molecule has 0 aromatic heterocycles. The molecule has 0 saturated heterocycles. The van der Waals surface area contributed by atoms with E-state index in [-0.39, 0.29) is 18.2 Å². The fourth-order valence-corrected chi connectivity index (χ4v) is 5.62. The molecule has 1 aliphatic rings. The summed E-state index contributed by atoms with van der Waals surface area (Å²) in [6.07, 6.45) is 9.90. The molecule has 9 nitrogen and oxygen atoms in total. The Morgan fingerprint density at radius 2 is 1.39 bits per heavy atom. The SMILES string of the molecule is CCCCCCCOc1ccc(C(=O)Oc2ccc(CC(NC(=O)c3ccc(NC(=O)C4CCCC4)cc3)C(=O)OC(C)(C)C)cc2)cc1. The maximum Gasteiger partial charge on any atom is 0.343 e. The number of ether oxygens (including phenoxy) is 3. The van der Waals surface area contributed by atoms with Crippen LogP contribution in [0.25, 0.3) is 0 Å². The van der Waals surface area contributed by atoms with Gasteiger partial charge in [0.25, 0.3) is 5.91 Å². The summed E-state index contributed by atoms with van der Waals surface area (Å²) in [5.74, 6) is -0.419. The molecule has 262 valence electrons. The average molecular weight is 671 g/mol. The van der Waals surface area contributed by atoms with Gasteiger partial charge >= 0.3 is 11.9 Å². The number of nitrogens with one attached hydrogen (secondary N) is 2. The van der Waals surface area contributed by atoms with Crippen molar-refractivity contribution in [2.24, 2.45) is 5.92 Å². The Kier molecular flexibility index (Phi) is 13.8. The third-order valence-electron chi connectivity index (χ3n) is 8.32. The van der Waals surface area contributed by atoms with E-state index >= 15 is 0 Å². The van der Waals surface area contributed by atoms with Crippen molar-refractivity contribution in [3.05, 3.63) is 89.5 Å². The Hall–Kier alpha value is -4.66. The number of carbonyl (C=O) groups is 4. The smallest absolute Gasteiger partial charge is 0.343 e. The monoisotopic (exact) mass is 670 g/mol. The molecule has 0 spiro atoms. The largest absolute Gasteiger partial charge is 0.494 e. The van der Waals surface area contributed by atoms with Crippen LogP contribution in [-0.4, -0.2) is 42.0 Å². The number of benzene rings is 3. The zero-order chi connectivity index (χ0) is 35.2. The lowest BCUT2D eigenvalue weighted by molar-refractivity contribution is -0.157. The van der Waals surface area contributed by atoms with Crippen LogP contribution < -0.4 is 20.1 Å². The maximum absolute atomic E-state index is 13.2. The van der Waals surface area contributed by atoms with Crippen molar-refractivity contribution in [3.63, 3.8) is 0 Å².